The fourth-order valence-electron chi connectivity index (χ4n) is 3.54. The summed E-state index contributed by atoms with van der Waals surface area (Å²) in [6.45, 7) is 1.32. The van der Waals surface area contributed by atoms with E-state index in [1.807, 2.05) is 24.3 Å². The van der Waals surface area contributed by atoms with Crippen molar-refractivity contribution in [2.75, 3.05) is 20.3 Å². The molecule has 2 heterocycles. The topological polar surface area (TPSA) is 59.6 Å². The maximum atomic E-state index is 12.4. The number of hydrogen-bond acceptors (Lipinski definition) is 4. The van der Waals surface area contributed by atoms with Crippen LogP contribution in [0.1, 0.15) is 42.5 Å². The summed E-state index contributed by atoms with van der Waals surface area (Å²) < 4.78 is 10.6. The van der Waals surface area contributed by atoms with Crippen LogP contribution in [0.5, 0.6) is 5.75 Å². The van der Waals surface area contributed by atoms with Gasteiger partial charge in [-0.2, -0.15) is 0 Å². The molecule has 2 unspecified atom stereocenters. The summed E-state index contributed by atoms with van der Waals surface area (Å²) >= 11 is 0. The molecule has 0 aromatic heterocycles. The number of benzene rings is 1. The van der Waals surface area contributed by atoms with Crippen LogP contribution in [0, 0.1) is 0 Å². The molecule has 24 heavy (non-hydrogen) atoms. The minimum Gasteiger partial charge on any atom is -0.494 e. The lowest BCUT2D eigenvalue weighted by molar-refractivity contribution is 0.0924. The first kappa shape index (κ1) is 19.0. The Labute approximate surface area is 149 Å². The molecule has 1 aromatic rings. The molecule has 6 heteroatoms. The van der Waals surface area contributed by atoms with Gasteiger partial charge in [0.1, 0.15) is 5.75 Å². The summed E-state index contributed by atoms with van der Waals surface area (Å²) in [5.41, 5.74) is 0.695. The summed E-state index contributed by atoms with van der Waals surface area (Å²) in [5.74, 6) is 0.805. The molecule has 1 aromatic carbocycles. The first-order valence-electron chi connectivity index (χ1n) is 8.53. The van der Waals surface area contributed by atoms with E-state index in [1.165, 1.54) is 12.8 Å². The summed E-state index contributed by atoms with van der Waals surface area (Å²) in [6, 6.07) is 8.84. The van der Waals surface area contributed by atoms with Gasteiger partial charge >= 0.3 is 0 Å². The smallest absolute Gasteiger partial charge is 0.251 e. The van der Waals surface area contributed by atoms with Gasteiger partial charge in [-0.15, -0.1) is 12.4 Å². The van der Waals surface area contributed by atoms with Gasteiger partial charge in [-0.1, -0.05) is 0 Å². The Morgan fingerprint density at radius 3 is 2.46 bits per heavy atom. The van der Waals surface area contributed by atoms with Crippen LogP contribution in [-0.4, -0.2) is 44.4 Å². The van der Waals surface area contributed by atoms with E-state index in [0.717, 1.165) is 25.0 Å². The van der Waals surface area contributed by atoms with Crippen LogP contribution in [-0.2, 0) is 4.74 Å². The molecule has 2 aliphatic rings. The molecular formula is C18H27ClN2O3. The number of ether oxygens (including phenoxy) is 2. The van der Waals surface area contributed by atoms with Gasteiger partial charge in [-0.25, -0.2) is 0 Å². The van der Waals surface area contributed by atoms with Gasteiger partial charge in [-0.05, 0) is 49.9 Å². The Kier molecular flexibility index (Phi) is 7.34. The number of piperidine rings is 1. The zero-order valence-electron chi connectivity index (χ0n) is 14.1. The zero-order chi connectivity index (χ0) is 16.1. The Balaban J connectivity index is 0.00000208. The Bertz CT molecular complexity index is 512. The lowest BCUT2D eigenvalue weighted by Gasteiger charge is -2.29. The van der Waals surface area contributed by atoms with Gasteiger partial charge in [0.15, 0.2) is 0 Å². The number of nitrogens with one attached hydrogen (secondary N) is 2. The number of carbonyl (C=O) groups is 1. The quantitative estimate of drug-likeness (QED) is 0.739. The van der Waals surface area contributed by atoms with Crippen LogP contribution >= 0.6 is 12.4 Å². The third-order valence-corrected chi connectivity index (χ3v) is 4.69. The zero-order valence-corrected chi connectivity index (χ0v) is 14.9. The average molecular weight is 355 g/mol. The van der Waals surface area contributed by atoms with Crippen molar-refractivity contribution in [1.82, 2.24) is 10.6 Å². The van der Waals surface area contributed by atoms with Crippen LogP contribution in [0.15, 0.2) is 24.3 Å². The molecule has 2 N–H and O–H groups in total. The van der Waals surface area contributed by atoms with Gasteiger partial charge in [0.2, 0.25) is 0 Å². The summed E-state index contributed by atoms with van der Waals surface area (Å²) in [6.07, 6.45) is 5.43. The Hall–Kier alpha value is -1.30. The normalized spacial score (nSPS) is 25.0. The van der Waals surface area contributed by atoms with Crippen molar-refractivity contribution in [2.24, 2.45) is 0 Å². The summed E-state index contributed by atoms with van der Waals surface area (Å²) in [7, 11) is 1.68. The predicted octanol–water partition coefficient (Wildman–Crippen LogP) is 2.54. The van der Waals surface area contributed by atoms with E-state index in [1.54, 1.807) is 7.11 Å². The number of hydrogen-bond donors (Lipinski definition) is 2. The van der Waals surface area contributed by atoms with E-state index in [9.17, 15) is 4.79 Å². The van der Waals surface area contributed by atoms with E-state index < -0.39 is 0 Å². The molecule has 2 bridgehead atoms. The highest BCUT2D eigenvalue weighted by atomic mass is 35.5. The molecular weight excluding hydrogens is 328 g/mol. The first-order valence-corrected chi connectivity index (χ1v) is 8.53. The van der Waals surface area contributed by atoms with E-state index in [4.69, 9.17) is 9.47 Å². The highest BCUT2D eigenvalue weighted by Gasteiger charge is 2.34. The van der Waals surface area contributed by atoms with E-state index in [-0.39, 0.29) is 18.3 Å². The molecule has 0 spiro atoms. The van der Waals surface area contributed by atoms with Gasteiger partial charge in [-0.3, -0.25) is 4.79 Å². The number of fused-ring (bicyclic) bond motifs is 2. The molecule has 2 fully saturated rings. The average Bonchev–Trinajstić information content (AvgIpc) is 2.91. The number of halogens is 1. The highest BCUT2D eigenvalue weighted by Crippen LogP contribution is 2.27. The van der Waals surface area contributed by atoms with Crippen LogP contribution in [0.4, 0.5) is 0 Å². The third kappa shape index (κ3) is 5.10. The largest absolute Gasteiger partial charge is 0.494 e. The monoisotopic (exact) mass is 354 g/mol. The van der Waals surface area contributed by atoms with Crippen LogP contribution in [0.3, 0.4) is 0 Å². The summed E-state index contributed by atoms with van der Waals surface area (Å²) in [4.78, 5) is 12.4. The fourth-order valence-corrected chi connectivity index (χ4v) is 3.54. The molecule has 1 amide bonds. The highest BCUT2D eigenvalue weighted by molar-refractivity contribution is 5.94. The van der Waals surface area contributed by atoms with E-state index >= 15 is 0 Å². The summed E-state index contributed by atoms with van der Waals surface area (Å²) in [5, 5.41) is 6.77. The van der Waals surface area contributed by atoms with Crippen molar-refractivity contribution < 1.29 is 14.3 Å². The van der Waals surface area contributed by atoms with Gasteiger partial charge < -0.3 is 20.1 Å². The standard InChI is InChI=1S/C18H26N2O3.ClH/c1-22-9-2-10-23-17-7-3-13(4-8-17)18(21)20-16-11-14-5-6-15(12-16)19-14;/h3-4,7-8,14-16,19H,2,5-6,9-12H2,1H3,(H,20,21);1H. The molecule has 2 aliphatic heterocycles. The van der Waals surface area contributed by atoms with Crippen LogP contribution in [0.25, 0.3) is 0 Å². The number of carbonyl (C=O) groups excluding carboxylic acids is 1. The lowest BCUT2D eigenvalue weighted by Crippen LogP contribution is -2.48. The second-order valence-corrected chi connectivity index (χ2v) is 6.50. The maximum absolute atomic E-state index is 12.4. The molecule has 134 valence electrons. The van der Waals surface area contributed by atoms with E-state index in [0.29, 0.717) is 36.9 Å². The van der Waals surface area contributed by atoms with Crippen LogP contribution in [0.2, 0.25) is 0 Å². The van der Waals surface area contributed by atoms with Crippen LogP contribution < -0.4 is 15.4 Å². The lowest BCUT2D eigenvalue weighted by atomic mass is 9.99. The Morgan fingerprint density at radius 2 is 1.83 bits per heavy atom. The van der Waals surface area contributed by atoms with Crippen molar-refractivity contribution in [2.45, 2.75) is 50.2 Å². The first-order chi connectivity index (χ1) is 11.2. The molecule has 0 saturated carbocycles. The molecule has 3 rings (SSSR count). The molecule has 2 atom stereocenters. The predicted molar refractivity (Wildman–Crippen MR) is 96.1 cm³/mol. The number of rotatable bonds is 7. The Morgan fingerprint density at radius 1 is 1.17 bits per heavy atom. The van der Waals surface area contributed by atoms with Crippen molar-refractivity contribution in [3.63, 3.8) is 0 Å². The van der Waals surface area contributed by atoms with E-state index in [2.05, 4.69) is 10.6 Å². The second kappa shape index (κ2) is 9.25. The van der Waals surface area contributed by atoms with Gasteiger partial charge in [0, 0.05) is 43.8 Å². The van der Waals surface area contributed by atoms with Crippen molar-refractivity contribution in [3.05, 3.63) is 29.8 Å². The van der Waals surface area contributed by atoms with Gasteiger partial charge in [0.25, 0.3) is 5.91 Å². The number of methoxy groups -OCH3 is 1. The fraction of sp³-hybridized carbons (Fsp3) is 0.611. The minimum absolute atomic E-state index is 0. The van der Waals surface area contributed by atoms with Gasteiger partial charge in [0.05, 0.1) is 6.61 Å². The molecule has 0 radical (unpaired) electrons. The second-order valence-electron chi connectivity index (χ2n) is 6.50. The van der Waals surface area contributed by atoms with Crippen molar-refractivity contribution in [3.8, 4) is 5.75 Å². The minimum atomic E-state index is 0. The third-order valence-electron chi connectivity index (χ3n) is 4.69. The molecule has 5 nitrogen and oxygen atoms in total. The maximum Gasteiger partial charge on any atom is 0.251 e. The molecule has 0 aliphatic carbocycles. The van der Waals surface area contributed by atoms with Crippen molar-refractivity contribution in [1.29, 1.82) is 0 Å². The number of amides is 1. The van der Waals surface area contributed by atoms with Crippen molar-refractivity contribution >= 4 is 18.3 Å². The molecule has 2 saturated heterocycles. The SMILES string of the molecule is COCCCOc1ccc(C(=O)NC2CC3CCC(C2)N3)cc1.Cl.